The molecule has 0 atom stereocenters. The number of hydrogen-bond acceptors (Lipinski definition) is 3. The molecule has 0 saturated heterocycles. The summed E-state index contributed by atoms with van der Waals surface area (Å²) in [5.41, 5.74) is 0.528. The number of alkyl halides is 4. The molecule has 0 bridgehead atoms. The Labute approximate surface area is 117 Å². The summed E-state index contributed by atoms with van der Waals surface area (Å²) < 4.78 is 40.8. The average Bonchev–Trinajstić information content (AvgIpc) is 2.15. The summed E-state index contributed by atoms with van der Waals surface area (Å²) in [5, 5.41) is 8.72. The van der Waals surface area contributed by atoms with E-state index in [-0.39, 0.29) is 28.8 Å². The second-order valence-corrected chi connectivity index (χ2v) is 4.55. The van der Waals surface area contributed by atoms with Crippen molar-refractivity contribution in [2.45, 2.75) is 18.1 Å². The lowest BCUT2D eigenvalue weighted by Gasteiger charge is -2.14. The predicted molar refractivity (Wildman–Crippen MR) is 65.6 cm³/mol. The lowest BCUT2D eigenvalue weighted by Crippen LogP contribution is -2.19. The third-order valence-electron chi connectivity index (χ3n) is 1.74. The largest absolute Gasteiger partial charge is 0.573 e. The summed E-state index contributed by atoms with van der Waals surface area (Å²) in [6.45, 7) is 0. The number of aromatic nitrogens is 1. The highest BCUT2D eigenvalue weighted by Crippen LogP contribution is 2.31. The maximum absolute atomic E-state index is 12.2. The number of nitriles is 1. The monoisotopic (exact) mass is 420 g/mol. The zero-order valence-electron chi connectivity index (χ0n) is 8.18. The van der Waals surface area contributed by atoms with Gasteiger partial charge in [0.2, 0.25) is 0 Å². The van der Waals surface area contributed by atoms with Crippen LogP contribution in [0.2, 0.25) is 0 Å². The van der Waals surface area contributed by atoms with Gasteiger partial charge in [-0.15, -0.1) is 13.2 Å². The van der Waals surface area contributed by atoms with Crippen LogP contribution >= 0.6 is 38.5 Å². The molecule has 0 aliphatic heterocycles. The van der Waals surface area contributed by atoms with E-state index in [2.05, 4.69) is 25.7 Å². The van der Waals surface area contributed by atoms with E-state index in [9.17, 15) is 13.2 Å². The summed E-state index contributed by atoms with van der Waals surface area (Å²) >= 11 is 4.83. The van der Waals surface area contributed by atoms with Gasteiger partial charge in [-0.25, -0.2) is 4.98 Å². The molecule has 0 radical (unpaired) electrons. The van der Waals surface area contributed by atoms with Crippen molar-refractivity contribution >= 4 is 38.5 Å². The Hall–Kier alpha value is -0.560. The topological polar surface area (TPSA) is 45.9 Å². The average molecular weight is 421 g/mol. The molecule has 92 valence electrons. The van der Waals surface area contributed by atoms with E-state index in [0.717, 1.165) is 0 Å². The van der Waals surface area contributed by atoms with Gasteiger partial charge in [0.25, 0.3) is 0 Å². The third-order valence-corrected chi connectivity index (χ3v) is 2.86. The van der Waals surface area contributed by atoms with Crippen LogP contribution in [0.5, 0.6) is 5.75 Å². The van der Waals surface area contributed by atoms with Crippen LogP contribution in [0.4, 0.5) is 13.2 Å². The Kier molecular flexibility index (Phi) is 5.00. The molecule has 0 amide bonds. The minimum atomic E-state index is -4.76. The van der Waals surface area contributed by atoms with Crippen LogP contribution in [0.3, 0.4) is 0 Å². The summed E-state index contributed by atoms with van der Waals surface area (Å²) in [6, 6.07) is 3.04. The van der Waals surface area contributed by atoms with E-state index >= 15 is 0 Å². The summed E-state index contributed by atoms with van der Waals surface area (Å²) in [5.74, 6) is -0.320. The van der Waals surface area contributed by atoms with E-state index in [0.29, 0.717) is 3.70 Å². The minimum absolute atomic E-state index is 0.0635. The van der Waals surface area contributed by atoms with Gasteiger partial charge in [0.15, 0.2) is 0 Å². The quantitative estimate of drug-likeness (QED) is 0.427. The van der Waals surface area contributed by atoms with Gasteiger partial charge in [-0.1, -0.05) is 15.9 Å². The maximum atomic E-state index is 12.2. The van der Waals surface area contributed by atoms with Gasteiger partial charge in [-0.3, -0.25) is 0 Å². The van der Waals surface area contributed by atoms with Crippen molar-refractivity contribution in [1.29, 1.82) is 5.26 Å². The van der Waals surface area contributed by atoms with Crippen molar-refractivity contribution in [2.24, 2.45) is 0 Å². The molecule has 0 aromatic carbocycles. The molecule has 0 N–H and O–H groups in total. The molecule has 1 aromatic rings. The maximum Gasteiger partial charge on any atom is 0.573 e. The van der Waals surface area contributed by atoms with Gasteiger partial charge >= 0.3 is 6.36 Å². The van der Waals surface area contributed by atoms with Crippen molar-refractivity contribution < 1.29 is 17.9 Å². The molecule has 0 aliphatic rings. The number of rotatable bonds is 3. The molecule has 3 nitrogen and oxygen atoms in total. The lowest BCUT2D eigenvalue weighted by atomic mass is 10.1. The summed E-state index contributed by atoms with van der Waals surface area (Å²) in [6.07, 6.45) is -4.82. The highest BCUT2D eigenvalue weighted by molar-refractivity contribution is 14.1. The van der Waals surface area contributed by atoms with Crippen LogP contribution in [0.25, 0.3) is 0 Å². The fourth-order valence-corrected chi connectivity index (χ4v) is 2.32. The second kappa shape index (κ2) is 5.86. The highest BCUT2D eigenvalue weighted by Gasteiger charge is 2.32. The highest BCUT2D eigenvalue weighted by atomic mass is 127. The molecule has 17 heavy (non-hydrogen) atoms. The molecule has 8 heteroatoms. The fraction of sp³-hybridized carbons (Fsp3) is 0.333. The Morgan fingerprint density at radius 3 is 2.65 bits per heavy atom. The number of pyridine rings is 1. The fourth-order valence-electron chi connectivity index (χ4n) is 1.15. The van der Waals surface area contributed by atoms with E-state index in [1.807, 2.05) is 6.07 Å². The van der Waals surface area contributed by atoms with Crippen LogP contribution in [0.1, 0.15) is 11.3 Å². The van der Waals surface area contributed by atoms with E-state index in [1.165, 1.54) is 6.07 Å². The van der Waals surface area contributed by atoms with E-state index in [4.69, 9.17) is 5.26 Å². The molecule has 1 rings (SSSR count). The van der Waals surface area contributed by atoms with E-state index < -0.39 is 6.36 Å². The van der Waals surface area contributed by atoms with Crippen molar-refractivity contribution in [3.05, 3.63) is 21.0 Å². The van der Waals surface area contributed by atoms with Crippen LogP contribution in [-0.2, 0) is 11.8 Å². The smallest absolute Gasteiger partial charge is 0.405 e. The van der Waals surface area contributed by atoms with Crippen LogP contribution in [0, 0.1) is 15.0 Å². The zero-order chi connectivity index (χ0) is 13.1. The number of nitrogens with zero attached hydrogens (tertiary/aromatic N) is 2. The SMILES string of the molecule is N#CCc1nc(I)cc(OC(F)(F)F)c1CBr. The minimum Gasteiger partial charge on any atom is -0.405 e. The molecule has 0 saturated carbocycles. The first-order valence-electron chi connectivity index (χ1n) is 4.24. The zero-order valence-corrected chi connectivity index (χ0v) is 11.9. The number of hydrogen-bond donors (Lipinski definition) is 0. The molecule has 0 spiro atoms. The van der Waals surface area contributed by atoms with Gasteiger partial charge in [0.05, 0.1) is 18.2 Å². The standard InChI is InChI=1S/C9H5BrF3IN2O/c10-4-5-6(1-2-15)16-8(14)3-7(5)17-9(11,12)13/h3H,1,4H2. The normalized spacial score (nSPS) is 11.1. The van der Waals surface area contributed by atoms with Crippen molar-refractivity contribution in [2.75, 3.05) is 0 Å². The van der Waals surface area contributed by atoms with Gasteiger partial charge in [-0.05, 0) is 22.6 Å². The van der Waals surface area contributed by atoms with Crippen molar-refractivity contribution in [3.8, 4) is 11.8 Å². The second-order valence-electron chi connectivity index (χ2n) is 2.88. The molecule has 1 heterocycles. The first kappa shape index (κ1) is 14.5. The van der Waals surface area contributed by atoms with Crippen molar-refractivity contribution in [1.82, 2.24) is 4.98 Å². The Morgan fingerprint density at radius 2 is 2.18 bits per heavy atom. The Bertz CT molecular complexity index is 459. The van der Waals surface area contributed by atoms with Gasteiger partial charge in [-0.2, -0.15) is 5.26 Å². The van der Waals surface area contributed by atoms with Crippen LogP contribution < -0.4 is 4.74 Å². The summed E-state index contributed by atoms with van der Waals surface area (Å²) in [4.78, 5) is 4.01. The van der Waals surface area contributed by atoms with Crippen molar-refractivity contribution in [3.63, 3.8) is 0 Å². The third kappa shape index (κ3) is 4.31. The summed E-state index contributed by atoms with van der Waals surface area (Å²) in [7, 11) is 0. The predicted octanol–water partition coefficient (Wildman–Crippen LogP) is 3.55. The molecular formula is C9H5BrF3IN2O. The van der Waals surface area contributed by atoms with Gasteiger partial charge in [0, 0.05) is 17.0 Å². The molecule has 0 aliphatic carbocycles. The number of halogens is 5. The Morgan fingerprint density at radius 1 is 1.53 bits per heavy atom. The molecule has 0 fully saturated rings. The lowest BCUT2D eigenvalue weighted by molar-refractivity contribution is -0.274. The molecule has 0 unspecified atom stereocenters. The van der Waals surface area contributed by atoms with E-state index in [1.54, 1.807) is 22.6 Å². The Balaban J connectivity index is 3.24. The van der Waals surface area contributed by atoms with Crippen LogP contribution in [-0.4, -0.2) is 11.3 Å². The first-order chi connectivity index (χ1) is 7.87. The van der Waals surface area contributed by atoms with Crippen LogP contribution in [0.15, 0.2) is 6.07 Å². The number of ether oxygens (including phenoxy) is 1. The first-order valence-corrected chi connectivity index (χ1v) is 6.44. The molecular weight excluding hydrogens is 416 g/mol. The van der Waals surface area contributed by atoms with Gasteiger partial charge < -0.3 is 4.74 Å². The molecule has 1 aromatic heterocycles. The van der Waals surface area contributed by atoms with Gasteiger partial charge in [0.1, 0.15) is 9.45 Å².